The Kier molecular flexibility index (Phi) is 11.3. The Bertz CT molecular complexity index is 2300. The van der Waals surface area contributed by atoms with Crippen LogP contribution in [0.15, 0.2) is 96.1 Å². The number of hydrogen-bond donors (Lipinski definition) is 0. The summed E-state index contributed by atoms with van der Waals surface area (Å²) in [7, 11) is 18.6. The fourth-order valence-corrected chi connectivity index (χ4v) is 47.9. The molecule has 0 aliphatic heterocycles. The van der Waals surface area contributed by atoms with Crippen molar-refractivity contribution < 1.29 is 15.6 Å². The average Bonchev–Trinajstić information content (AvgIpc) is 4.20. The summed E-state index contributed by atoms with van der Waals surface area (Å²) in [4.78, 5) is 0. The van der Waals surface area contributed by atoms with Crippen LogP contribution in [0.25, 0.3) is 34.4 Å². The van der Waals surface area contributed by atoms with Crippen LogP contribution >= 0.6 is 17.0 Å². The molecule has 335 valence electrons. The van der Waals surface area contributed by atoms with Crippen LogP contribution in [-0.4, -0.2) is 5.92 Å². The SMILES string of the molecule is C[SiH](C)[Zr]([Cl])([Cl])([CH]1C(CC23CCC(CC2)C3)=Cc2c(-c3ccc(C4CCCCC4)cc3)cccc21)[CH]1C(CC23CCC(CC2)C3)=Cc2c(-c3ccc(C4CCCCC4)cc3)cccc21. The normalized spacial score (nSPS) is 30.7. The number of rotatable bonds is 11. The van der Waals surface area contributed by atoms with Gasteiger partial charge in [-0.25, -0.2) is 0 Å². The molecule has 6 saturated carbocycles. The number of benzene rings is 4. The Morgan fingerprint density at radius 3 is 1.23 bits per heavy atom. The predicted octanol–water partition coefficient (Wildman–Crippen LogP) is 18.6. The second-order valence-corrected chi connectivity index (χ2v) is 66.4. The molecule has 0 radical (unpaired) electrons. The molecule has 4 aromatic carbocycles. The topological polar surface area (TPSA) is 0 Å². The molecule has 0 heterocycles. The van der Waals surface area contributed by atoms with Crippen molar-refractivity contribution in [3.63, 3.8) is 0 Å². The number of allylic oxidation sites excluding steroid dienone is 2. The van der Waals surface area contributed by atoms with Crippen LogP contribution in [0, 0.1) is 22.7 Å². The molecule has 0 aromatic heterocycles. The fraction of sp³-hybridized carbons (Fsp3) is 0.533. The summed E-state index contributed by atoms with van der Waals surface area (Å²) in [5, 5.41) is 0. The van der Waals surface area contributed by atoms with Crippen LogP contribution < -0.4 is 0 Å². The van der Waals surface area contributed by atoms with E-state index in [1.165, 1.54) is 197 Å². The van der Waals surface area contributed by atoms with Gasteiger partial charge in [0, 0.05) is 0 Å². The van der Waals surface area contributed by atoms with E-state index in [2.05, 4.69) is 110 Å². The Hall–Kier alpha value is -1.96. The van der Waals surface area contributed by atoms with Gasteiger partial charge in [0.05, 0.1) is 0 Å². The third-order valence-corrected chi connectivity index (χ3v) is 71.9. The summed E-state index contributed by atoms with van der Waals surface area (Å²) in [5.41, 5.74) is 18.5. The molecule has 4 aromatic rings. The van der Waals surface area contributed by atoms with Gasteiger partial charge >= 0.3 is 398 Å². The Labute approximate surface area is 395 Å². The summed E-state index contributed by atoms with van der Waals surface area (Å²) < 4.78 is 0.300. The molecule has 8 aliphatic carbocycles. The van der Waals surface area contributed by atoms with Gasteiger partial charge in [0.15, 0.2) is 0 Å². The van der Waals surface area contributed by atoms with Gasteiger partial charge < -0.3 is 0 Å². The Balaban J connectivity index is 0.999. The van der Waals surface area contributed by atoms with E-state index >= 15 is 0 Å². The molecule has 2 unspecified atom stereocenters. The maximum absolute atomic E-state index is 9.32. The van der Waals surface area contributed by atoms with Crippen molar-refractivity contribution in [2.75, 3.05) is 0 Å². The van der Waals surface area contributed by atoms with E-state index in [9.17, 15) is 17.0 Å². The van der Waals surface area contributed by atoms with Crippen molar-refractivity contribution in [1.29, 1.82) is 0 Å². The number of hydrogen-bond acceptors (Lipinski definition) is 0. The zero-order valence-electron chi connectivity index (χ0n) is 39.1. The summed E-state index contributed by atoms with van der Waals surface area (Å²) in [6, 6.07) is 34.3. The molecule has 0 amide bonds. The second kappa shape index (κ2) is 16.6. The van der Waals surface area contributed by atoms with Crippen molar-refractivity contribution in [2.24, 2.45) is 22.7 Å². The summed E-state index contributed by atoms with van der Waals surface area (Å²) in [6.07, 6.45) is 35.4. The van der Waals surface area contributed by atoms with E-state index in [1.54, 1.807) is 11.1 Å². The van der Waals surface area contributed by atoms with Crippen molar-refractivity contribution in [3.05, 3.63) is 129 Å². The maximum atomic E-state index is 9.32. The summed E-state index contributed by atoms with van der Waals surface area (Å²) in [5.74, 6) is 1.55. The van der Waals surface area contributed by atoms with Crippen molar-refractivity contribution >= 4 is 35.1 Å². The molecule has 0 N–H and O–H groups in total. The van der Waals surface area contributed by atoms with Gasteiger partial charge in [-0.1, -0.05) is 0 Å². The van der Waals surface area contributed by atoms with E-state index in [-0.39, 0.29) is 7.25 Å². The Morgan fingerprint density at radius 2 is 0.891 bits per heavy atom. The van der Waals surface area contributed by atoms with Crippen molar-refractivity contribution in [2.45, 2.75) is 173 Å². The van der Waals surface area contributed by atoms with E-state index in [4.69, 9.17) is 0 Å². The van der Waals surface area contributed by atoms with Crippen LogP contribution in [0.3, 0.4) is 0 Å². The van der Waals surface area contributed by atoms with Gasteiger partial charge in [0.25, 0.3) is 0 Å². The second-order valence-electron chi connectivity index (χ2n) is 23.9. The van der Waals surface area contributed by atoms with Crippen LogP contribution in [0.2, 0.25) is 13.1 Å². The third kappa shape index (κ3) is 7.24. The molecule has 12 rings (SSSR count). The van der Waals surface area contributed by atoms with Crippen LogP contribution in [0.1, 0.15) is 194 Å². The Morgan fingerprint density at radius 1 is 0.500 bits per heavy atom. The van der Waals surface area contributed by atoms with Gasteiger partial charge in [-0.05, 0) is 0 Å². The molecule has 0 nitrogen and oxygen atoms in total. The van der Waals surface area contributed by atoms with Crippen molar-refractivity contribution in [1.82, 2.24) is 0 Å². The van der Waals surface area contributed by atoms with E-state index in [0.29, 0.717) is 10.8 Å². The van der Waals surface area contributed by atoms with Gasteiger partial charge in [0.2, 0.25) is 0 Å². The number of fused-ring (bicyclic) bond motifs is 6. The molecule has 4 bridgehead atoms. The first-order chi connectivity index (χ1) is 31.1. The minimum atomic E-state index is -5.07. The first-order valence-corrected chi connectivity index (χ1v) is 42.8. The number of halogens is 2. The quantitative estimate of drug-likeness (QED) is 0.131. The molecule has 2 atom stereocenters. The van der Waals surface area contributed by atoms with E-state index in [1.807, 2.05) is 0 Å². The standard InChI is InChI=1S/2C29H33.C2H7Si.2ClH.Zr/c2*1-2-5-23(6-3-1)24-9-11-25(12-10-24)27-8-4-7-26-17-22(18-28(26)27)20-29-15-13-21(19-29)14-16-29;1-3-2;;;/h2*4,7-12,17-18,21,23H,1-3,5-6,13-16,19-20H2;3H,1-2H3;2*1H;/q;;;;;+2/p-2. The van der Waals surface area contributed by atoms with E-state index < -0.39 is 21.5 Å². The zero-order chi connectivity index (χ0) is 43.3. The van der Waals surface area contributed by atoms with Crippen LogP contribution in [-0.2, 0) is 15.6 Å². The first kappa shape index (κ1) is 43.3. The molecular weight excluding hydrogens is 911 g/mol. The zero-order valence-corrected chi connectivity index (χ0v) is 44.2. The molecule has 4 heteroatoms. The molecular formula is C60H73Cl2SiZr. The van der Waals surface area contributed by atoms with Gasteiger partial charge in [0.1, 0.15) is 0 Å². The summed E-state index contributed by atoms with van der Waals surface area (Å²) >= 11 is -5.07. The average molecular weight is 984 g/mol. The molecule has 8 aliphatic rings. The molecule has 0 spiro atoms. The fourth-order valence-electron chi connectivity index (χ4n) is 16.6. The third-order valence-electron chi connectivity index (χ3n) is 20.0. The summed E-state index contributed by atoms with van der Waals surface area (Å²) in [6.45, 7) is 5.19. The molecule has 0 saturated heterocycles. The molecule has 6 fully saturated rings. The molecule has 64 heavy (non-hydrogen) atoms. The van der Waals surface area contributed by atoms with E-state index in [0.717, 1.165) is 23.7 Å². The van der Waals surface area contributed by atoms with Gasteiger partial charge in [-0.2, -0.15) is 0 Å². The van der Waals surface area contributed by atoms with Crippen LogP contribution in [0.4, 0.5) is 0 Å². The van der Waals surface area contributed by atoms with Crippen LogP contribution in [0.5, 0.6) is 0 Å². The predicted molar refractivity (Wildman–Crippen MR) is 275 cm³/mol. The first-order valence-electron chi connectivity index (χ1n) is 26.5. The van der Waals surface area contributed by atoms with Gasteiger partial charge in [-0.15, -0.1) is 0 Å². The van der Waals surface area contributed by atoms with Crippen molar-refractivity contribution in [3.8, 4) is 22.3 Å². The monoisotopic (exact) mass is 981 g/mol. The minimum absolute atomic E-state index is 0.150. The van der Waals surface area contributed by atoms with Gasteiger partial charge in [-0.3, -0.25) is 0 Å².